The maximum atomic E-state index is 10.5. The summed E-state index contributed by atoms with van der Waals surface area (Å²) in [5, 5.41) is 11.2. The lowest BCUT2D eigenvalue weighted by atomic mass is 9.92. The van der Waals surface area contributed by atoms with Crippen molar-refractivity contribution >= 4 is 12.4 Å². The first kappa shape index (κ1) is 11.0. The second kappa shape index (κ2) is 5.59. The minimum atomic E-state index is -0.894. The third-order valence-electron chi connectivity index (χ3n) is 2.44. The van der Waals surface area contributed by atoms with Gasteiger partial charge in [-0.05, 0) is 12.8 Å². The summed E-state index contributed by atoms with van der Waals surface area (Å²) in [6.45, 7) is 1.27. The molecule has 0 aromatic carbocycles. The Hall–Kier alpha value is -1.10. The molecule has 2 atom stereocenters. The second-order valence-corrected chi connectivity index (χ2v) is 3.47. The maximum absolute atomic E-state index is 10.5. The van der Waals surface area contributed by atoms with E-state index < -0.39 is 5.97 Å². The number of carbonyl (C=O) groups is 2. The van der Waals surface area contributed by atoms with Crippen LogP contribution < -0.4 is 5.32 Å². The zero-order chi connectivity index (χ0) is 10.4. The number of carboxylic acid groups (broad SMARTS) is 1. The van der Waals surface area contributed by atoms with Crippen LogP contribution >= 0.6 is 0 Å². The molecular weight excluding hydrogens is 186 g/mol. The van der Waals surface area contributed by atoms with Crippen LogP contribution in [0.25, 0.3) is 0 Å². The predicted molar refractivity (Wildman–Crippen MR) is 48.8 cm³/mol. The third-order valence-corrected chi connectivity index (χ3v) is 2.44. The van der Waals surface area contributed by atoms with E-state index in [1.807, 2.05) is 0 Å². The molecule has 5 nitrogen and oxygen atoms in total. The van der Waals surface area contributed by atoms with Crippen LogP contribution in [0.1, 0.15) is 19.3 Å². The number of carbonyl (C=O) groups excluding carboxylic acids is 1. The van der Waals surface area contributed by atoms with Crippen LogP contribution in [0.15, 0.2) is 0 Å². The zero-order valence-corrected chi connectivity index (χ0v) is 7.94. The molecule has 5 heteroatoms. The van der Waals surface area contributed by atoms with Gasteiger partial charge in [-0.3, -0.25) is 9.59 Å². The lowest BCUT2D eigenvalue weighted by Crippen LogP contribution is -2.41. The summed E-state index contributed by atoms with van der Waals surface area (Å²) in [5.74, 6) is -0.764. The standard InChI is InChI=1S/C9H15NO4/c11-6-10-8(4-9(12)13)7-2-1-3-14-5-7/h6-8H,1-5H2,(H,10,11)(H,12,13). The van der Waals surface area contributed by atoms with Gasteiger partial charge in [-0.1, -0.05) is 0 Å². The van der Waals surface area contributed by atoms with Crippen molar-refractivity contribution in [2.24, 2.45) is 5.92 Å². The molecule has 0 radical (unpaired) electrons. The summed E-state index contributed by atoms with van der Waals surface area (Å²) in [6.07, 6.45) is 2.37. The van der Waals surface area contributed by atoms with Gasteiger partial charge < -0.3 is 15.2 Å². The Kier molecular flexibility index (Phi) is 4.39. The number of hydrogen-bond acceptors (Lipinski definition) is 3. The normalized spacial score (nSPS) is 23.9. The number of amides is 1. The van der Waals surface area contributed by atoms with Gasteiger partial charge in [0.1, 0.15) is 0 Å². The lowest BCUT2D eigenvalue weighted by Gasteiger charge is -2.28. The van der Waals surface area contributed by atoms with E-state index in [2.05, 4.69) is 5.32 Å². The van der Waals surface area contributed by atoms with Crippen molar-refractivity contribution in [1.29, 1.82) is 0 Å². The molecule has 0 saturated carbocycles. The van der Waals surface area contributed by atoms with E-state index in [1.165, 1.54) is 0 Å². The first-order chi connectivity index (χ1) is 6.74. The van der Waals surface area contributed by atoms with E-state index in [1.54, 1.807) is 0 Å². The molecule has 1 aliphatic heterocycles. The Morgan fingerprint density at radius 1 is 1.71 bits per heavy atom. The van der Waals surface area contributed by atoms with Crippen LogP contribution in [0.2, 0.25) is 0 Å². The molecular formula is C9H15NO4. The molecule has 0 aliphatic carbocycles. The molecule has 1 rings (SSSR count). The fourth-order valence-corrected chi connectivity index (χ4v) is 1.72. The number of aliphatic carboxylic acids is 1. The molecule has 1 amide bonds. The van der Waals surface area contributed by atoms with Crippen molar-refractivity contribution in [2.75, 3.05) is 13.2 Å². The van der Waals surface area contributed by atoms with Crippen molar-refractivity contribution in [2.45, 2.75) is 25.3 Å². The summed E-state index contributed by atoms with van der Waals surface area (Å²) >= 11 is 0. The van der Waals surface area contributed by atoms with Gasteiger partial charge in [0.25, 0.3) is 0 Å². The fourth-order valence-electron chi connectivity index (χ4n) is 1.72. The van der Waals surface area contributed by atoms with Gasteiger partial charge in [-0.25, -0.2) is 0 Å². The molecule has 14 heavy (non-hydrogen) atoms. The zero-order valence-electron chi connectivity index (χ0n) is 7.94. The Labute approximate surface area is 82.4 Å². The molecule has 1 fully saturated rings. The van der Waals surface area contributed by atoms with Crippen LogP contribution in [-0.2, 0) is 14.3 Å². The Balaban J connectivity index is 2.46. The van der Waals surface area contributed by atoms with Gasteiger partial charge in [0.05, 0.1) is 13.0 Å². The highest BCUT2D eigenvalue weighted by Crippen LogP contribution is 2.19. The average molecular weight is 201 g/mol. The van der Waals surface area contributed by atoms with Crippen molar-refractivity contribution in [1.82, 2.24) is 5.32 Å². The molecule has 0 aromatic rings. The van der Waals surface area contributed by atoms with Crippen LogP contribution in [0.4, 0.5) is 0 Å². The highest BCUT2D eigenvalue weighted by atomic mass is 16.5. The SMILES string of the molecule is O=CNC(CC(=O)O)C1CCCOC1. The summed E-state index contributed by atoms with van der Waals surface area (Å²) in [4.78, 5) is 20.8. The summed E-state index contributed by atoms with van der Waals surface area (Å²) in [6, 6.07) is -0.301. The first-order valence-corrected chi connectivity index (χ1v) is 4.73. The van der Waals surface area contributed by atoms with Gasteiger partial charge in [0.2, 0.25) is 6.41 Å². The maximum Gasteiger partial charge on any atom is 0.305 e. The minimum absolute atomic E-state index is 0.0350. The molecule has 80 valence electrons. The summed E-state index contributed by atoms with van der Waals surface area (Å²) in [7, 11) is 0. The molecule has 0 spiro atoms. The monoisotopic (exact) mass is 201 g/mol. The minimum Gasteiger partial charge on any atom is -0.481 e. The van der Waals surface area contributed by atoms with Crippen LogP contribution in [0.3, 0.4) is 0 Å². The number of carboxylic acids is 1. The average Bonchev–Trinajstić information content (AvgIpc) is 2.18. The molecule has 1 aliphatic rings. The topological polar surface area (TPSA) is 75.6 Å². The second-order valence-electron chi connectivity index (χ2n) is 3.47. The van der Waals surface area contributed by atoms with Crippen molar-refractivity contribution < 1.29 is 19.4 Å². The smallest absolute Gasteiger partial charge is 0.305 e. The predicted octanol–water partition coefficient (Wildman–Crippen LogP) is 0.00230. The number of hydrogen-bond donors (Lipinski definition) is 2. The Morgan fingerprint density at radius 3 is 3.00 bits per heavy atom. The fraction of sp³-hybridized carbons (Fsp3) is 0.778. The van der Waals surface area contributed by atoms with Crippen LogP contribution in [0, 0.1) is 5.92 Å². The van der Waals surface area contributed by atoms with E-state index in [9.17, 15) is 9.59 Å². The van der Waals surface area contributed by atoms with Gasteiger partial charge in [-0.2, -0.15) is 0 Å². The van der Waals surface area contributed by atoms with E-state index in [0.29, 0.717) is 13.0 Å². The van der Waals surface area contributed by atoms with E-state index in [-0.39, 0.29) is 18.4 Å². The molecule has 0 aromatic heterocycles. The van der Waals surface area contributed by atoms with Crippen LogP contribution in [0.5, 0.6) is 0 Å². The molecule has 1 heterocycles. The number of nitrogens with one attached hydrogen (secondary N) is 1. The van der Waals surface area contributed by atoms with Crippen molar-refractivity contribution in [3.8, 4) is 0 Å². The van der Waals surface area contributed by atoms with Crippen molar-refractivity contribution in [3.63, 3.8) is 0 Å². The molecule has 1 saturated heterocycles. The third kappa shape index (κ3) is 3.33. The number of ether oxygens (including phenoxy) is 1. The summed E-state index contributed by atoms with van der Waals surface area (Å²) in [5.41, 5.74) is 0. The van der Waals surface area contributed by atoms with Gasteiger partial charge in [0, 0.05) is 18.6 Å². The molecule has 2 unspecified atom stereocenters. The highest BCUT2D eigenvalue weighted by molar-refractivity contribution is 5.68. The Morgan fingerprint density at radius 2 is 2.50 bits per heavy atom. The number of rotatable bonds is 5. The highest BCUT2D eigenvalue weighted by Gasteiger charge is 2.25. The quantitative estimate of drug-likeness (QED) is 0.614. The van der Waals surface area contributed by atoms with E-state index in [0.717, 1.165) is 19.4 Å². The lowest BCUT2D eigenvalue weighted by molar-refractivity contribution is -0.138. The van der Waals surface area contributed by atoms with Gasteiger partial charge in [-0.15, -0.1) is 0 Å². The van der Waals surface area contributed by atoms with Gasteiger partial charge >= 0.3 is 5.97 Å². The molecule has 2 N–H and O–H groups in total. The molecule has 0 bridgehead atoms. The largest absolute Gasteiger partial charge is 0.481 e. The summed E-state index contributed by atoms with van der Waals surface area (Å²) < 4.78 is 5.24. The van der Waals surface area contributed by atoms with E-state index in [4.69, 9.17) is 9.84 Å². The van der Waals surface area contributed by atoms with Gasteiger partial charge in [0.15, 0.2) is 0 Å². The van der Waals surface area contributed by atoms with E-state index >= 15 is 0 Å². The van der Waals surface area contributed by atoms with Crippen LogP contribution in [-0.4, -0.2) is 36.7 Å². The van der Waals surface area contributed by atoms with Crippen molar-refractivity contribution in [3.05, 3.63) is 0 Å². The Bertz CT molecular complexity index is 201. The first-order valence-electron chi connectivity index (χ1n) is 4.73.